The second-order valence-electron chi connectivity index (χ2n) is 6.16. The van der Waals surface area contributed by atoms with Gasteiger partial charge in [-0.3, -0.25) is 14.4 Å². The van der Waals surface area contributed by atoms with Crippen LogP contribution < -0.4 is 21.7 Å². The Labute approximate surface area is 173 Å². The van der Waals surface area contributed by atoms with Gasteiger partial charge in [-0.05, 0) is 36.2 Å². The summed E-state index contributed by atoms with van der Waals surface area (Å²) in [6.45, 7) is 3.42. The normalized spacial score (nSPS) is 11.3. The quantitative estimate of drug-likeness (QED) is 0.538. The molecule has 28 heavy (non-hydrogen) atoms. The second kappa shape index (κ2) is 10.7. The minimum atomic E-state index is -0.677. The van der Waals surface area contributed by atoms with E-state index in [-0.39, 0.29) is 35.7 Å². The van der Waals surface area contributed by atoms with E-state index < -0.39 is 23.8 Å². The summed E-state index contributed by atoms with van der Waals surface area (Å²) in [7, 11) is 0. The molecule has 0 unspecified atom stereocenters. The fourth-order valence-corrected chi connectivity index (χ4v) is 2.31. The Bertz CT molecular complexity index is 825. The SMILES string of the molecule is CC(C)[C@H](N)C(=O)NCC(=O)Nc1ccc(NC(=O)c2ccco2)c(Cl)c1.Cl. The summed E-state index contributed by atoms with van der Waals surface area (Å²) in [5, 5.41) is 7.92. The van der Waals surface area contributed by atoms with Crippen LogP contribution in [0.4, 0.5) is 11.4 Å². The standard InChI is InChI=1S/C18H21ClN4O4.ClH/c1-10(2)16(20)18(26)21-9-15(24)22-11-5-6-13(12(19)8-11)23-17(25)14-4-3-7-27-14;/h3-8,10,16H,9,20H2,1-2H3,(H,21,26)(H,22,24)(H,23,25);1H/t16-;/m0./s1. The largest absolute Gasteiger partial charge is 0.459 e. The number of amides is 3. The van der Waals surface area contributed by atoms with Crippen LogP contribution in [0.5, 0.6) is 0 Å². The average molecular weight is 429 g/mol. The number of carbonyl (C=O) groups excluding carboxylic acids is 3. The maximum Gasteiger partial charge on any atom is 0.291 e. The van der Waals surface area contributed by atoms with Gasteiger partial charge in [-0.2, -0.15) is 0 Å². The van der Waals surface area contributed by atoms with Crippen LogP contribution >= 0.6 is 24.0 Å². The minimum absolute atomic E-state index is 0. The summed E-state index contributed by atoms with van der Waals surface area (Å²) >= 11 is 6.14. The number of nitrogens with two attached hydrogens (primary N) is 1. The van der Waals surface area contributed by atoms with Crippen LogP contribution in [0.2, 0.25) is 5.02 Å². The molecule has 0 saturated carbocycles. The van der Waals surface area contributed by atoms with Crippen molar-refractivity contribution in [3.05, 3.63) is 47.4 Å². The third-order valence-electron chi connectivity index (χ3n) is 3.69. The molecule has 3 amide bonds. The van der Waals surface area contributed by atoms with E-state index in [1.807, 2.05) is 13.8 Å². The molecule has 5 N–H and O–H groups in total. The lowest BCUT2D eigenvalue weighted by Crippen LogP contribution is -2.46. The molecule has 0 saturated heterocycles. The Hall–Kier alpha value is -2.55. The van der Waals surface area contributed by atoms with E-state index in [0.717, 1.165) is 0 Å². The molecule has 10 heteroatoms. The van der Waals surface area contributed by atoms with Crippen molar-refractivity contribution in [2.75, 3.05) is 17.2 Å². The van der Waals surface area contributed by atoms with E-state index in [1.165, 1.54) is 18.4 Å². The fourth-order valence-electron chi connectivity index (χ4n) is 2.08. The Morgan fingerprint density at radius 1 is 1.18 bits per heavy atom. The van der Waals surface area contributed by atoms with Gasteiger partial charge in [0.1, 0.15) is 0 Å². The molecule has 0 bridgehead atoms. The average Bonchev–Trinajstić information content (AvgIpc) is 3.16. The van der Waals surface area contributed by atoms with Gasteiger partial charge in [0.25, 0.3) is 5.91 Å². The number of anilines is 2. The highest BCUT2D eigenvalue weighted by atomic mass is 35.5. The first-order valence-corrected chi connectivity index (χ1v) is 8.63. The zero-order valence-electron chi connectivity index (χ0n) is 15.3. The molecule has 1 heterocycles. The molecule has 0 aliphatic carbocycles. The van der Waals surface area contributed by atoms with Crippen molar-refractivity contribution in [3.8, 4) is 0 Å². The molecule has 0 aliphatic heterocycles. The molecule has 0 aliphatic rings. The van der Waals surface area contributed by atoms with Gasteiger partial charge in [-0.15, -0.1) is 12.4 Å². The lowest BCUT2D eigenvalue weighted by atomic mass is 10.1. The molecule has 8 nitrogen and oxygen atoms in total. The molecule has 0 spiro atoms. The Morgan fingerprint density at radius 3 is 2.46 bits per heavy atom. The lowest BCUT2D eigenvalue weighted by Gasteiger charge is -2.15. The van der Waals surface area contributed by atoms with Crippen molar-refractivity contribution in [2.45, 2.75) is 19.9 Å². The van der Waals surface area contributed by atoms with Crippen molar-refractivity contribution in [2.24, 2.45) is 11.7 Å². The van der Waals surface area contributed by atoms with E-state index in [2.05, 4.69) is 16.0 Å². The fraction of sp³-hybridized carbons (Fsp3) is 0.278. The molecule has 2 rings (SSSR count). The predicted molar refractivity (Wildman–Crippen MR) is 110 cm³/mol. The summed E-state index contributed by atoms with van der Waals surface area (Å²) in [5.74, 6) is -1.14. The third-order valence-corrected chi connectivity index (χ3v) is 4.00. The van der Waals surface area contributed by atoms with Gasteiger partial charge in [0, 0.05) is 5.69 Å². The molecule has 0 fully saturated rings. The molecular formula is C18H22Cl2N4O4. The molecule has 1 atom stereocenters. The van der Waals surface area contributed by atoms with Crippen molar-refractivity contribution >= 4 is 53.1 Å². The first kappa shape index (κ1) is 23.5. The van der Waals surface area contributed by atoms with Crippen molar-refractivity contribution in [3.63, 3.8) is 0 Å². The van der Waals surface area contributed by atoms with Crippen LogP contribution in [0.3, 0.4) is 0 Å². The van der Waals surface area contributed by atoms with E-state index in [0.29, 0.717) is 11.4 Å². The van der Waals surface area contributed by atoms with Gasteiger partial charge < -0.3 is 26.1 Å². The Kier molecular flexibility index (Phi) is 8.98. The highest BCUT2D eigenvalue weighted by Gasteiger charge is 2.18. The van der Waals surface area contributed by atoms with E-state index >= 15 is 0 Å². The lowest BCUT2D eigenvalue weighted by molar-refractivity contribution is -0.125. The number of carbonyl (C=O) groups is 3. The summed E-state index contributed by atoms with van der Waals surface area (Å²) in [6, 6.07) is 7.05. The van der Waals surface area contributed by atoms with Gasteiger partial charge >= 0.3 is 0 Å². The number of furan rings is 1. The summed E-state index contributed by atoms with van der Waals surface area (Å²) in [4.78, 5) is 35.7. The van der Waals surface area contributed by atoms with E-state index in [1.54, 1.807) is 18.2 Å². The topological polar surface area (TPSA) is 126 Å². The van der Waals surface area contributed by atoms with Crippen molar-refractivity contribution in [1.82, 2.24) is 5.32 Å². The van der Waals surface area contributed by atoms with Gasteiger partial charge in [-0.1, -0.05) is 25.4 Å². The van der Waals surface area contributed by atoms with Crippen LogP contribution in [0.25, 0.3) is 0 Å². The van der Waals surface area contributed by atoms with Gasteiger partial charge in [-0.25, -0.2) is 0 Å². The summed E-state index contributed by atoms with van der Waals surface area (Å²) in [5.41, 5.74) is 6.50. The van der Waals surface area contributed by atoms with Crippen molar-refractivity contribution in [1.29, 1.82) is 0 Å². The monoisotopic (exact) mass is 428 g/mol. The van der Waals surface area contributed by atoms with Crippen LogP contribution in [0.1, 0.15) is 24.4 Å². The first-order chi connectivity index (χ1) is 12.8. The zero-order valence-corrected chi connectivity index (χ0v) is 16.9. The third kappa shape index (κ3) is 6.56. The predicted octanol–water partition coefficient (Wildman–Crippen LogP) is 2.65. The van der Waals surface area contributed by atoms with E-state index in [9.17, 15) is 14.4 Å². The number of hydrogen-bond donors (Lipinski definition) is 4. The first-order valence-electron chi connectivity index (χ1n) is 8.25. The molecule has 1 aromatic heterocycles. The molecule has 2 aromatic rings. The number of halogens is 2. The molecular weight excluding hydrogens is 407 g/mol. The number of hydrogen-bond acceptors (Lipinski definition) is 5. The minimum Gasteiger partial charge on any atom is -0.459 e. The highest BCUT2D eigenvalue weighted by Crippen LogP contribution is 2.26. The smallest absolute Gasteiger partial charge is 0.291 e. The number of benzene rings is 1. The van der Waals surface area contributed by atoms with Crippen LogP contribution in [0, 0.1) is 5.92 Å². The summed E-state index contributed by atoms with van der Waals surface area (Å²) in [6.07, 6.45) is 1.39. The number of nitrogens with one attached hydrogen (secondary N) is 3. The summed E-state index contributed by atoms with van der Waals surface area (Å²) < 4.78 is 5.01. The maximum atomic E-state index is 12.0. The zero-order chi connectivity index (χ0) is 20.0. The van der Waals surface area contributed by atoms with Crippen LogP contribution in [-0.4, -0.2) is 30.3 Å². The number of rotatable bonds is 7. The Balaban J connectivity index is 0.00000392. The second-order valence-corrected chi connectivity index (χ2v) is 6.57. The van der Waals surface area contributed by atoms with Gasteiger partial charge in [0.2, 0.25) is 11.8 Å². The highest BCUT2D eigenvalue weighted by molar-refractivity contribution is 6.34. The maximum absolute atomic E-state index is 12.0. The molecule has 0 radical (unpaired) electrons. The van der Waals surface area contributed by atoms with Crippen molar-refractivity contribution < 1.29 is 18.8 Å². The molecule has 1 aromatic carbocycles. The molecule has 152 valence electrons. The van der Waals surface area contributed by atoms with Crippen LogP contribution in [0.15, 0.2) is 41.0 Å². The van der Waals surface area contributed by atoms with E-state index in [4.69, 9.17) is 21.8 Å². The van der Waals surface area contributed by atoms with Crippen LogP contribution in [-0.2, 0) is 9.59 Å². The van der Waals surface area contributed by atoms with Gasteiger partial charge in [0.15, 0.2) is 5.76 Å². The Morgan fingerprint density at radius 2 is 1.89 bits per heavy atom. The van der Waals surface area contributed by atoms with Gasteiger partial charge in [0.05, 0.1) is 29.6 Å².